The van der Waals surface area contributed by atoms with Crippen LogP contribution < -0.4 is 15.2 Å². The molecule has 0 saturated heterocycles. The van der Waals surface area contributed by atoms with Crippen molar-refractivity contribution in [3.05, 3.63) is 53.1 Å². The van der Waals surface area contributed by atoms with E-state index in [9.17, 15) is 18.4 Å². The highest BCUT2D eigenvalue weighted by Gasteiger charge is 2.36. The molecule has 8 heteroatoms. The van der Waals surface area contributed by atoms with Crippen molar-refractivity contribution in [1.82, 2.24) is 4.90 Å². The molecule has 3 rings (SSSR count). The minimum absolute atomic E-state index is 0.0426. The fourth-order valence-electron chi connectivity index (χ4n) is 4.52. The molecule has 0 saturated carbocycles. The lowest BCUT2D eigenvalue weighted by molar-refractivity contribution is -0.139. The lowest BCUT2D eigenvalue weighted by Crippen LogP contribution is -2.45. The van der Waals surface area contributed by atoms with Gasteiger partial charge in [0.25, 0.3) is 5.91 Å². The Labute approximate surface area is 201 Å². The van der Waals surface area contributed by atoms with Crippen molar-refractivity contribution in [2.45, 2.75) is 64.7 Å². The smallest absolute Gasteiger partial charge is 0.251 e. The molecule has 0 aromatic heterocycles. The van der Waals surface area contributed by atoms with Crippen LogP contribution in [0.5, 0.6) is 5.75 Å². The molecule has 0 fully saturated rings. The summed E-state index contributed by atoms with van der Waals surface area (Å²) in [5.74, 6) is -1.23. The third kappa shape index (κ3) is 5.66. The number of carbonyl (C=O) groups is 2. The number of hydrogen-bond donors (Lipinski definition) is 1. The first-order valence-corrected chi connectivity index (χ1v) is 15.3. The summed E-state index contributed by atoms with van der Waals surface area (Å²) in [6.07, 6.45) is 3.64. The Morgan fingerprint density at radius 3 is 2.38 bits per heavy atom. The molecule has 5 nitrogen and oxygen atoms in total. The molecular weight excluding hydrogens is 454 g/mol. The summed E-state index contributed by atoms with van der Waals surface area (Å²) in [4.78, 5) is 28.1. The van der Waals surface area contributed by atoms with E-state index in [1.807, 2.05) is 25.7 Å². The maximum Gasteiger partial charge on any atom is 0.251 e. The molecule has 2 amide bonds. The van der Waals surface area contributed by atoms with Crippen LogP contribution in [0, 0.1) is 11.6 Å². The van der Waals surface area contributed by atoms with Crippen LogP contribution in [-0.4, -0.2) is 38.4 Å². The van der Waals surface area contributed by atoms with Crippen molar-refractivity contribution in [3.8, 4) is 5.75 Å². The van der Waals surface area contributed by atoms with Gasteiger partial charge in [0.1, 0.15) is 23.4 Å². The van der Waals surface area contributed by atoms with Crippen molar-refractivity contribution in [1.29, 1.82) is 0 Å². The molecule has 0 bridgehead atoms. The highest BCUT2D eigenvalue weighted by Crippen LogP contribution is 2.34. The van der Waals surface area contributed by atoms with E-state index in [-0.39, 0.29) is 16.8 Å². The second-order valence-electron chi connectivity index (χ2n) is 9.82. The van der Waals surface area contributed by atoms with Gasteiger partial charge >= 0.3 is 0 Å². The zero-order chi connectivity index (χ0) is 25.0. The van der Waals surface area contributed by atoms with Crippen molar-refractivity contribution < 1.29 is 23.1 Å². The van der Waals surface area contributed by atoms with Crippen LogP contribution in [0.3, 0.4) is 0 Å². The first-order chi connectivity index (χ1) is 16.1. The van der Waals surface area contributed by atoms with Gasteiger partial charge < -0.3 is 15.0 Å². The Hall–Kier alpha value is -2.74. The second kappa shape index (κ2) is 10.7. The predicted octanol–water partition coefficient (Wildman–Crippen LogP) is 5.16. The maximum absolute atomic E-state index is 14.8. The summed E-state index contributed by atoms with van der Waals surface area (Å²) in [6.45, 7) is 8.05. The van der Waals surface area contributed by atoms with Gasteiger partial charge in [-0.05, 0) is 48.2 Å². The fourth-order valence-corrected chi connectivity index (χ4v) is 6.10. The maximum atomic E-state index is 14.8. The van der Waals surface area contributed by atoms with Crippen LogP contribution in [0.1, 0.15) is 49.8 Å². The van der Waals surface area contributed by atoms with Crippen LogP contribution in [0.15, 0.2) is 30.3 Å². The SMILES string of the molecule is CCCCCC(=O)N1CCc2cc(OC)ccc2[C@@H]1C(=O)Nc1cc(F)c([Si](C)(C)C)c(F)c1. The van der Waals surface area contributed by atoms with Gasteiger partial charge in [-0.15, -0.1) is 0 Å². The van der Waals surface area contributed by atoms with Gasteiger partial charge in [0, 0.05) is 23.8 Å². The number of amides is 2. The number of hydrogen-bond acceptors (Lipinski definition) is 3. The number of nitrogens with zero attached hydrogens (tertiary/aromatic N) is 1. The zero-order valence-corrected chi connectivity index (χ0v) is 21.6. The summed E-state index contributed by atoms with van der Waals surface area (Å²) in [6, 6.07) is 6.87. The molecule has 0 radical (unpaired) electrons. The van der Waals surface area contributed by atoms with Gasteiger partial charge in [0.2, 0.25) is 5.91 Å². The minimum atomic E-state index is -2.24. The Morgan fingerprint density at radius 1 is 1.12 bits per heavy atom. The summed E-state index contributed by atoms with van der Waals surface area (Å²) >= 11 is 0. The van der Waals surface area contributed by atoms with Gasteiger partial charge in [0.05, 0.1) is 15.2 Å². The molecule has 1 N–H and O–H groups in total. The molecule has 0 unspecified atom stereocenters. The minimum Gasteiger partial charge on any atom is -0.497 e. The van der Waals surface area contributed by atoms with Gasteiger partial charge in [-0.25, -0.2) is 8.78 Å². The van der Waals surface area contributed by atoms with Crippen molar-refractivity contribution >= 4 is 30.8 Å². The van der Waals surface area contributed by atoms with Crippen molar-refractivity contribution in [2.24, 2.45) is 0 Å². The molecule has 0 spiro atoms. The highest BCUT2D eigenvalue weighted by atomic mass is 28.3. The lowest BCUT2D eigenvalue weighted by atomic mass is 9.91. The molecule has 0 aliphatic carbocycles. The standard InChI is InChI=1S/C26H34F2N2O3Si/c1-6-7-8-9-23(31)30-13-12-17-14-19(33-2)10-11-20(17)24(30)26(32)29-18-15-21(27)25(22(28)16-18)34(3,4)5/h10-11,14-16,24H,6-9,12-13H2,1-5H3,(H,29,32)/t24-/m1/s1. The average Bonchev–Trinajstić information content (AvgIpc) is 2.76. The number of nitrogens with one attached hydrogen (secondary N) is 1. The van der Waals surface area contributed by atoms with Gasteiger partial charge in [-0.3, -0.25) is 9.59 Å². The fraction of sp³-hybridized carbons (Fsp3) is 0.462. The molecule has 184 valence electrons. The monoisotopic (exact) mass is 488 g/mol. The average molecular weight is 489 g/mol. The number of benzene rings is 2. The summed E-state index contributed by atoms with van der Waals surface area (Å²) in [5.41, 5.74) is 1.66. The molecule has 1 aliphatic heterocycles. The molecular formula is C26H34F2N2O3Si. The largest absolute Gasteiger partial charge is 0.497 e. The van der Waals surface area contributed by atoms with E-state index in [0.29, 0.717) is 30.7 Å². The van der Waals surface area contributed by atoms with Crippen LogP contribution in [0.2, 0.25) is 19.6 Å². The number of ether oxygens (including phenoxy) is 1. The number of anilines is 1. The molecule has 1 aliphatic rings. The van der Waals surface area contributed by atoms with Gasteiger partial charge in [-0.1, -0.05) is 45.5 Å². The topological polar surface area (TPSA) is 58.6 Å². The van der Waals surface area contributed by atoms with Crippen LogP contribution in [0.4, 0.5) is 14.5 Å². The van der Waals surface area contributed by atoms with E-state index in [1.165, 1.54) is 12.1 Å². The molecule has 2 aromatic rings. The quantitative estimate of drug-likeness (QED) is 0.412. The number of fused-ring (bicyclic) bond motifs is 1. The molecule has 2 aromatic carbocycles. The third-order valence-electron chi connectivity index (χ3n) is 6.20. The molecule has 34 heavy (non-hydrogen) atoms. The Kier molecular flexibility index (Phi) is 8.12. The first-order valence-electron chi connectivity index (χ1n) is 11.8. The zero-order valence-electron chi connectivity index (χ0n) is 20.6. The molecule has 1 atom stereocenters. The van der Waals surface area contributed by atoms with Crippen molar-refractivity contribution in [2.75, 3.05) is 19.0 Å². The summed E-state index contributed by atoms with van der Waals surface area (Å²) < 4.78 is 34.8. The van der Waals surface area contributed by atoms with E-state index < -0.39 is 31.7 Å². The number of carbonyl (C=O) groups excluding carboxylic acids is 2. The summed E-state index contributed by atoms with van der Waals surface area (Å²) in [7, 11) is -0.669. The number of unbranched alkanes of at least 4 members (excludes halogenated alkanes) is 2. The van der Waals surface area contributed by atoms with Gasteiger partial charge in [-0.2, -0.15) is 0 Å². The van der Waals surface area contributed by atoms with E-state index in [2.05, 4.69) is 12.2 Å². The normalized spacial score (nSPS) is 15.6. The molecule has 1 heterocycles. The number of rotatable bonds is 8. The number of halogens is 2. The van der Waals surface area contributed by atoms with E-state index in [0.717, 1.165) is 24.8 Å². The third-order valence-corrected chi connectivity index (χ3v) is 8.18. The Bertz CT molecular complexity index is 1050. The predicted molar refractivity (Wildman–Crippen MR) is 133 cm³/mol. The summed E-state index contributed by atoms with van der Waals surface area (Å²) in [5, 5.41) is 2.77. The first kappa shape index (κ1) is 25.9. The number of methoxy groups -OCH3 is 1. The Morgan fingerprint density at radius 2 is 1.79 bits per heavy atom. The second-order valence-corrected chi connectivity index (χ2v) is 14.8. The van der Waals surface area contributed by atoms with E-state index in [4.69, 9.17) is 4.74 Å². The van der Waals surface area contributed by atoms with E-state index >= 15 is 0 Å². The van der Waals surface area contributed by atoms with Crippen molar-refractivity contribution in [3.63, 3.8) is 0 Å². The van der Waals surface area contributed by atoms with E-state index in [1.54, 1.807) is 24.1 Å². The Balaban J connectivity index is 1.94. The van der Waals surface area contributed by atoms with Crippen LogP contribution >= 0.6 is 0 Å². The van der Waals surface area contributed by atoms with Crippen LogP contribution in [0.25, 0.3) is 0 Å². The van der Waals surface area contributed by atoms with Gasteiger partial charge in [0.15, 0.2) is 0 Å². The lowest BCUT2D eigenvalue weighted by Gasteiger charge is -2.36. The highest BCUT2D eigenvalue weighted by molar-refractivity contribution is 6.88. The van der Waals surface area contributed by atoms with Crippen LogP contribution in [-0.2, 0) is 16.0 Å².